The Hall–Kier alpha value is -2.32. The summed E-state index contributed by atoms with van der Waals surface area (Å²) < 4.78 is 2.18. The number of rotatable bonds is 3. The molecule has 0 unspecified atom stereocenters. The Labute approximate surface area is 135 Å². The van der Waals surface area contributed by atoms with Gasteiger partial charge in [-0.05, 0) is 55.8 Å². The molecule has 1 aromatic heterocycles. The number of aryl methyl sites for hydroxylation is 1. The highest BCUT2D eigenvalue weighted by Crippen LogP contribution is 2.25. The topological polar surface area (TPSA) is 17.3 Å². The summed E-state index contributed by atoms with van der Waals surface area (Å²) in [5.41, 5.74) is 5.24. The van der Waals surface area contributed by atoms with Crippen molar-refractivity contribution in [2.45, 2.75) is 13.8 Å². The molecule has 2 nitrogen and oxygen atoms in total. The minimum atomic E-state index is 0.740. The zero-order valence-corrected chi connectivity index (χ0v) is 13.4. The number of aromatic nitrogens is 1. The molecule has 3 rings (SSSR count). The average Bonchev–Trinajstić information content (AvgIpc) is 2.90. The smallest absolute Gasteiger partial charge is 0.0674 e. The molecule has 1 heterocycles. The summed E-state index contributed by atoms with van der Waals surface area (Å²) in [5.74, 6) is 0. The first-order valence-corrected chi connectivity index (χ1v) is 7.57. The van der Waals surface area contributed by atoms with E-state index in [9.17, 15) is 0 Å². The van der Waals surface area contributed by atoms with Gasteiger partial charge in [0.15, 0.2) is 0 Å². The van der Waals surface area contributed by atoms with Crippen molar-refractivity contribution < 1.29 is 0 Å². The molecule has 0 spiro atoms. The second-order valence-electron chi connectivity index (χ2n) is 5.21. The quantitative estimate of drug-likeness (QED) is 0.569. The van der Waals surface area contributed by atoms with Gasteiger partial charge in [-0.25, -0.2) is 0 Å². The molecule has 0 fully saturated rings. The van der Waals surface area contributed by atoms with E-state index in [4.69, 9.17) is 11.6 Å². The highest BCUT2D eigenvalue weighted by Gasteiger charge is 2.05. The zero-order valence-electron chi connectivity index (χ0n) is 12.6. The summed E-state index contributed by atoms with van der Waals surface area (Å²) in [7, 11) is 0. The van der Waals surface area contributed by atoms with Gasteiger partial charge in [-0.15, -0.1) is 0 Å². The molecule has 0 bridgehead atoms. The van der Waals surface area contributed by atoms with Crippen LogP contribution in [0.1, 0.15) is 17.0 Å². The maximum Gasteiger partial charge on any atom is 0.0674 e. The van der Waals surface area contributed by atoms with E-state index in [0.29, 0.717) is 0 Å². The fraction of sp³-hybridized carbons (Fsp3) is 0.105. The lowest BCUT2D eigenvalue weighted by atomic mass is 10.2. The van der Waals surface area contributed by atoms with Crippen LogP contribution in [-0.2, 0) is 0 Å². The second kappa shape index (κ2) is 6.20. The molecule has 3 heteroatoms. The van der Waals surface area contributed by atoms with E-state index in [1.54, 1.807) is 0 Å². The van der Waals surface area contributed by atoms with Crippen LogP contribution in [0.25, 0.3) is 5.69 Å². The molecule has 0 saturated heterocycles. The van der Waals surface area contributed by atoms with Gasteiger partial charge in [-0.1, -0.05) is 35.9 Å². The van der Waals surface area contributed by atoms with Crippen LogP contribution in [-0.4, -0.2) is 10.8 Å². The Morgan fingerprint density at radius 1 is 0.909 bits per heavy atom. The van der Waals surface area contributed by atoms with Crippen LogP contribution in [0.5, 0.6) is 0 Å². The van der Waals surface area contributed by atoms with Gasteiger partial charge in [0.2, 0.25) is 0 Å². The summed E-state index contributed by atoms with van der Waals surface area (Å²) in [5, 5.41) is 0.740. The molecule has 0 aliphatic rings. The van der Waals surface area contributed by atoms with E-state index in [-0.39, 0.29) is 0 Å². The van der Waals surface area contributed by atoms with Crippen molar-refractivity contribution in [3.8, 4) is 5.69 Å². The predicted octanol–water partition coefficient (Wildman–Crippen LogP) is 5.50. The minimum absolute atomic E-state index is 0.740. The van der Waals surface area contributed by atoms with Gasteiger partial charge >= 0.3 is 0 Å². The van der Waals surface area contributed by atoms with Crippen molar-refractivity contribution >= 4 is 23.5 Å². The summed E-state index contributed by atoms with van der Waals surface area (Å²) >= 11 is 6.15. The van der Waals surface area contributed by atoms with Crippen molar-refractivity contribution in [3.63, 3.8) is 0 Å². The standard InChI is InChI=1S/C19H17ClN2/c1-14-11-12-17(22(14)16-7-4-3-5-8-16)13-21-19-10-6-9-18(20)15(19)2/h3-13H,1-2H3. The molecule has 22 heavy (non-hydrogen) atoms. The third-order valence-electron chi connectivity index (χ3n) is 3.70. The van der Waals surface area contributed by atoms with Crippen LogP contribution in [0.4, 0.5) is 5.69 Å². The Balaban J connectivity index is 2.00. The van der Waals surface area contributed by atoms with E-state index in [0.717, 1.165) is 27.7 Å². The maximum atomic E-state index is 6.15. The summed E-state index contributed by atoms with van der Waals surface area (Å²) in [6.07, 6.45) is 1.89. The van der Waals surface area contributed by atoms with Crippen molar-refractivity contribution in [1.82, 2.24) is 4.57 Å². The van der Waals surface area contributed by atoms with Gasteiger partial charge in [0, 0.05) is 16.4 Å². The first-order chi connectivity index (χ1) is 10.7. The predicted molar refractivity (Wildman–Crippen MR) is 93.9 cm³/mol. The van der Waals surface area contributed by atoms with Gasteiger partial charge in [0.1, 0.15) is 0 Å². The van der Waals surface area contributed by atoms with Crippen LogP contribution in [0.15, 0.2) is 65.7 Å². The number of nitrogens with zero attached hydrogens (tertiary/aromatic N) is 2. The molecule has 0 N–H and O–H groups in total. The average molecular weight is 309 g/mol. The maximum absolute atomic E-state index is 6.15. The SMILES string of the molecule is Cc1c(Cl)cccc1N=Cc1ccc(C)n1-c1ccccc1. The fourth-order valence-electron chi connectivity index (χ4n) is 2.46. The number of benzene rings is 2. The first kappa shape index (κ1) is 14.6. The van der Waals surface area contributed by atoms with Crippen LogP contribution in [0.3, 0.4) is 0 Å². The van der Waals surface area contributed by atoms with Gasteiger partial charge in [0.05, 0.1) is 17.6 Å². The van der Waals surface area contributed by atoms with Crippen LogP contribution in [0.2, 0.25) is 5.02 Å². The molecule has 2 aromatic carbocycles. The number of aliphatic imine (C=N–C) groups is 1. The van der Waals surface area contributed by atoms with E-state index >= 15 is 0 Å². The Bertz CT molecular complexity index is 817. The minimum Gasteiger partial charge on any atom is -0.313 e. The van der Waals surface area contributed by atoms with Crippen molar-refractivity contribution in [1.29, 1.82) is 0 Å². The normalized spacial score (nSPS) is 11.2. The van der Waals surface area contributed by atoms with Crippen LogP contribution < -0.4 is 0 Å². The van der Waals surface area contributed by atoms with E-state index in [1.807, 2.05) is 49.5 Å². The monoisotopic (exact) mass is 308 g/mol. The number of para-hydroxylation sites is 1. The molecule has 0 amide bonds. The van der Waals surface area contributed by atoms with Crippen LogP contribution >= 0.6 is 11.6 Å². The van der Waals surface area contributed by atoms with Gasteiger partial charge < -0.3 is 4.57 Å². The van der Waals surface area contributed by atoms with Crippen molar-refractivity contribution in [2.24, 2.45) is 4.99 Å². The molecule has 110 valence electrons. The highest BCUT2D eigenvalue weighted by atomic mass is 35.5. The molecule has 0 aliphatic heterocycles. The lowest BCUT2D eigenvalue weighted by Gasteiger charge is -2.09. The Morgan fingerprint density at radius 2 is 1.68 bits per heavy atom. The molecule has 3 aromatic rings. The molecule has 0 atom stereocenters. The molecule has 0 radical (unpaired) electrons. The summed E-state index contributed by atoms with van der Waals surface area (Å²) in [6, 6.07) is 20.2. The third kappa shape index (κ3) is 2.83. The van der Waals surface area contributed by atoms with Crippen molar-refractivity contribution in [2.75, 3.05) is 0 Å². The van der Waals surface area contributed by atoms with Crippen molar-refractivity contribution in [3.05, 3.63) is 82.6 Å². The second-order valence-corrected chi connectivity index (χ2v) is 5.62. The molecule has 0 saturated carbocycles. The number of halogens is 1. The van der Waals surface area contributed by atoms with E-state index in [1.165, 1.54) is 5.69 Å². The van der Waals surface area contributed by atoms with Gasteiger partial charge in [0.25, 0.3) is 0 Å². The van der Waals surface area contributed by atoms with E-state index in [2.05, 4.69) is 40.7 Å². The first-order valence-electron chi connectivity index (χ1n) is 7.20. The zero-order chi connectivity index (χ0) is 15.5. The van der Waals surface area contributed by atoms with Gasteiger partial charge in [-0.2, -0.15) is 0 Å². The fourth-order valence-corrected chi connectivity index (χ4v) is 2.63. The lowest BCUT2D eigenvalue weighted by Crippen LogP contribution is -2.00. The summed E-state index contributed by atoms with van der Waals surface area (Å²) in [4.78, 5) is 4.61. The Morgan fingerprint density at radius 3 is 2.45 bits per heavy atom. The number of hydrogen-bond donors (Lipinski definition) is 0. The lowest BCUT2D eigenvalue weighted by molar-refractivity contribution is 1.01. The highest BCUT2D eigenvalue weighted by molar-refractivity contribution is 6.31. The largest absolute Gasteiger partial charge is 0.313 e. The van der Waals surface area contributed by atoms with Gasteiger partial charge in [-0.3, -0.25) is 4.99 Å². The van der Waals surface area contributed by atoms with Crippen LogP contribution in [0, 0.1) is 13.8 Å². The molecule has 0 aliphatic carbocycles. The molecular weight excluding hydrogens is 292 g/mol. The summed E-state index contributed by atoms with van der Waals surface area (Å²) in [6.45, 7) is 4.07. The third-order valence-corrected chi connectivity index (χ3v) is 4.11. The number of hydrogen-bond acceptors (Lipinski definition) is 1. The van der Waals surface area contributed by atoms with E-state index < -0.39 is 0 Å². The molecular formula is C19H17ClN2. The Kier molecular flexibility index (Phi) is 4.12.